The van der Waals surface area contributed by atoms with Crippen molar-refractivity contribution in [3.8, 4) is 5.75 Å². The van der Waals surface area contributed by atoms with Crippen molar-refractivity contribution in [2.45, 2.75) is 19.4 Å². The molecule has 1 amide bonds. The van der Waals surface area contributed by atoms with E-state index in [-0.39, 0.29) is 18.0 Å². The molecule has 0 radical (unpaired) electrons. The van der Waals surface area contributed by atoms with Gasteiger partial charge in [0, 0.05) is 11.8 Å². The minimum absolute atomic E-state index is 0.0621. The molecule has 0 aliphatic heterocycles. The summed E-state index contributed by atoms with van der Waals surface area (Å²) in [6.07, 6.45) is 1.03. The molecule has 0 fully saturated rings. The van der Waals surface area contributed by atoms with Gasteiger partial charge in [-0.2, -0.15) is 5.10 Å². The first-order valence-corrected chi connectivity index (χ1v) is 8.03. The molecule has 0 saturated heterocycles. The SMILES string of the molecule is COc1ccc(CCC(=O)NCc2n[nH]c(=O)c3ccccc23)cc1. The third kappa shape index (κ3) is 4.03. The number of ether oxygens (including phenoxy) is 1. The lowest BCUT2D eigenvalue weighted by molar-refractivity contribution is -0.121. The van der Waals surface area contributed by atoms with Crippen molar-refractivity contribution >= 4 is 16.7 Å². The molecule has 0 unspecified atom stereocenters. The van der Waals surface area contributed by atoms with Crippen molar-refractivity contribution < 1.29 is 9.53 Å². The van der Waals surface area contributed by atoms with Crippen molar-refractivity contribution in [3.63, 3.8) is 0 Å². The molecule has 6 nitrogen and oxygen atoms in total. The zero-order valence-electron chi connectivity index (χ0n) is 13.9. The van der Waals surface area contributed by atoms with Crippen LogP contribution in [0.15, 0.2) is 53.3 Å². The minimum atomic E-state index is -0.231. The Hall–Kier alpha value is -3.15. The molecule has 2 aromatic carbocycles. The summed E-state index contributed by atoms with van der Waals surface area (Å²) < 4.78 is 5.11. The fourth-order valence-corrected chi connectivity index (χ4v) is 2.63. The van der Waals surface area contributed by atoms with Gasteiger partial charge in [0.1, 0.15) is 5.75 Å². The molecule has 0 spiro atoms. The molecule has 3 aromatic rings. The average molecular weight is 337 g/mol. The second kappa shape index (κ2) is 7.61. The highest BCUT2D eigenvalue weighted by atomic mass is 16.5. The summed E-state index contributed by atoms with van der Waals surface area (Å²) in [5, 5.41) is 10.7. The van der Waals surface area contributed by atoms with Crippen LogP contribution in [0, 0.1) is 0 Å². The summed E-state index contributed by atoms with van der Waals surface area (Å²) in [5.74, 6) is 0.733. The van der Waals surface area contributed by atoms with Gasteiger partial charge in [0.2, 0.25) is 5.91 Å². The Balaban J connectivity index is 1.59. The van der Waals surface area contributed by atoms with E-state index >= 15 is 0 Å². The minimum Gasteiger partial charge on any atom is -0.497 e. The number of methoxy groups -OCH3 is 1. The van der Waals surface area contributed by atoms with Crippen LogP contribution in [-0.2, 0) is 17.8 Å². The number of aromatic amines is 1. The number of benzene rings is 2. The maximum Gasteiger partial charge on any atom is 0.272 e. The molecule has 3 rings (SSSR count). The standard InChI is InChI=1S/C19H19N3O3/c1-25-14-9-6-13(7-10-14)8-11-18(23)20-12-17-15-4-2-3-5-16(15)19(24)22-21-17/h2-7,9-10H,8,11-12H2,1H3,(H,20,23)(H,22,24). The molecule has 0 saturated carbocycles. The second-order valence-electron chi connectivity index (χ2n) is 5.67. The van der Waals surface area contributed by atoms with Crippen LogP contribution in [0.2, 0.25) is 0 Å². The summed E-state index contributed by atoms with van der Waals surface area (Å²) in [6.45, 7) is 0.277. The third-order valence-electron chi connectivity index (χ3n) is 4.03. The number of nitrogens with one attached hydrogen (secondary N) is 2. The Bertz CT molecular complexity index is 933. The van der Waals surface area contributed by atoms with Crippen LogP contribution in [0.4, 0.5) is 0 Å². The van der Waals surface area contributed by atoms with E-state index < -0.39 is 0 Å². The van der Waals surface area contributed by atoms with Crippen LogP contribution in [0.5, 0.6) is 5.75 Å². The zero-order valence-corrected chi connectivity index (χ0v) is 13.9. The van der Waals surface area contributed by atoms with Crippen molar-refractivity contribution in [2.24, 2.45) is 0 Å². The first-order chi connectivity index (χ1) is 12.2. The maximum atomic E-state index is 12.1. The fraction of sp³-hybridized carbons (Fsp3) is 0.211. The van der Waals surface area contributed by atoms with Gasteiger partial charge in [0.15, 0.2) is 0 Å². The highest BCUT2D eigenvalue weighted by Gasteiger charge is 2.08. The maximum absolute atomic E-state index is 12.1. The largest absolute Gasteiger partial charge is 0.497 e. The number of amides is 1. The second-order valence-corrected chi connectivity index (χ2v) is 5.67. The van der Waals surface area contributed by atoms with E-state index in [1.165, 1.54) is 0 Å². The lowest BCUT2D eigenvalue weighted by Crippen LogP contribution is -2.24. The topological polar surface area (TPSA) is 84.1 Å². The van der Waals surface area contributed by atoms with E-state index in [1.54, 1.807) is 19.2 Å². The predicted octanol–water partition coefficient (Wildman–Crippen LogP) is 2.18. The monoisotopic (exact) mass is 337 g/mol. The summed E-state index contributed by atoms with van der Waals surface area (Å²) in [4.78, 5) is 23.8. The summed E-state index contributed by atoms with van der Waals surface area (Å²) >= 11 is 0. The van der Waals surface area contributed by atoms with Gasteiger partial charge in [0.05, 0.1) is 24.7 Å². The third-order valence-corrected chi connectivity index (χ3v) is 4.03. The Morgan fingerprint density at radius 3 is 2.56 bits per heavy atom. The van der Waals surface area contributed by atoms with Gasteiger partial charge in [-0.1, -0.05) is 30.3 Å². The van der Waals surface area contributed by atoms with Crippen LogP contribution >= 0.6 is 0 Å². The van der Waals surface area contributed by atoms with Crippen molar-refractivity contribution in [2.75, 3.05) is 7.11 Å². The molecule has 1 heterocycles. The van der Waals surface area contributed by atoms with Crippen molar-refractivity contribution in [1.82, 2.24) is 15.5 Å². The molecule has 0 atom stereocenters. The number of fused-ring (bicyclic) bond motifs is 1. The Morgan fingerprint density at radius 2 is 1.84 bits per heavy atom. The number of rotatable bonds is 6. The molecular weight excluding hydrogens is 318 g/mol. The Labute approximate surface area is 144 Å². The molecule has 128 valence electrons. The lowest BCUT2D eigenvalue weighted by Gasteiger charge is -2.07. The van der Waals surface area contributed by atoms with Crippen molar-refractivity contribution in [3.05, 3.63) is 70.1 Å². The summed E-state index contributed by atoms with van der Waals surface area (Å²) in [5.41, 5.74) is 1.49. The van der Waals surface area contributed by atoms with Gasteiger partial charge in [-0.05, 0) is 30.2 Å². The molecule has 1 aromatic heterocycles. The highest BCUT2D eigenvalue weighted by molar-refractivity contribution is 5.84. The quantitative estimate of drug-likeness (QED) is 0.722. The van der Waals surface area contributed by atoms with E-state index in [2.05, 4.69) is 15.5 Å². The smallest absolute Gasteiger partial charge is 0.272 e. The molecule has 0 aliphatic carbocycles. The summed E-state index contributed by atoms with van der Waals surface area (Å²) in [7, 11) is 1.62. The van der Waals surface area contributed by atoms with E-state index in [0.29, 0.717) is 23.9 Å². The number of carbonyl (C=O) groups is 1. The average Bonchev–Trinajstić information content (AvgIpc) is 2.66. The Morgan fingerprint density at radius 1 is 1.12 bits per heavy atom. The van der Waals surface area contributed by atoms with Gasteiger partial charge in [-0.25, -0.2) is 5.10 Å². The normalized spacial score (nSPS) is 10.6. The number of aryl methyl sites for hydroxylation is 1. The lowest BCUT2D eigenvalue weighted by atomic mass is 10.1. The number of hydrogen-bond acceptors (Lipinski definition) is 4. The van der Waals surface area contributed by atoms with Gasteiger partial charge < -0.3 is 10.1 Å². The number of aromatic nitrogens is 2. The van der Waals surface area contributed by atoms with E-state index in [4.69, 9.17) is 4.74 Å². The van der Waals surface area contributed by atoms with E-state index in [1.807, 2.05) is 36.4 Å². The molecule has 2 N–H and O–H groups in total. The van der Waals surface area contributed by atoms with Crippen LogP contribution in [0.25, 0.3) is 10.8 Å². The van der Waals surface area contributed by atoms with Crippen LogP contribution in [0.3, 0.4) is 0 Å². The Kier molecular flexibility index (Phi) is 5.09. The number of hydrogen-bond donors (Lipinski definition) is 2. The zero-order chi connectivity index (χ0) is 17.6. The van der Waals surface area contributed by atoms with E-state index in [0.717, 1.165) is 16.7 Å². The fourth-order valence-electron chi connectivity index (χ4n) is 2.63. The van der Waals surface area contributed by atoms with Gasteiger partial charge in [0.25, 0.3) is 5.56 Å². The van der Waals surface area contributed by atoms with E-state index in [9.17, 15) is 9.59 Å². The summed E-state index contributed by atoms with van der Waals surface area (Å²) in [6, 6.07) is 14.9. The van der Waals surface area contributed by atoms with Crippen LogP contribution in [-0.4, -0.2) is 23.2 Å². The molecule has 0 bridgehead atoms. The number of carbonyl (C=O) groups excluding carboxylic acids is 1. The van der Waals surface area contributed by atoms with Crippen LogP contribution < -0.4 is 15.6 Å². The van der Waals surface area contributed by atoms with Gasteiger partial charge in [-0.15, -0.1) is 0 Å². The number of nitrogens with zero attached hydrogens (tertiary/aromatic N) is 1. The number of H-pyrrole nitrogens is 1. The molecular formula is C19H19N3O3. The first kappa shape index (κ1) is 16.7. The predicted molar refractivity (Wildman–Crippen MR) is 95.5 cm³/mol. The first-order valence-electron chi connectivity index (χ1n) is 8.03. The van der Waals surface area contributed by atoms with Crippen LogP contribution in [0.1, 0.15) is 17.7 Å². The highest BCUT2D eigenvalue weighted by Crippen LogP contribution is 2.13. The van der Waals surface area contributed by atoms with Gasteiger partial charge in [-0.3, -0.25) is 9.59 Å². The molecule has 25 heavy (non-hydrogen) atoms. The van der Waals surface area contributed by atoms with Gasteiger partial charge >= 0.3 is 0 Å². The molecule has 6 heteroatoms. The molecule has 0 aliphatic rings. The van der Waals surface area contributed by atoms with Crippen molar-refractivity contribution in [1.29, 1.82) is 0 Å².